The van der Waals surface area contributed by atoms with Gasteiger partial charge < -0.3 is 9.30 Å². The van der Waals surface area contributed by atoms with Crippen molar-refractivity contribution in [2.24, 2.45) is 0 Å². The first kappa shape index (κ1) is 20.9. The molecular weight excluding hydrogens is 388 g/mol. The van der Waals surface area contributed by atoms with Gasteiger partial charge in [-0.05, 0) is 81.3 Å². The summed E-state index contributed by atoms with van der Waals surface area (Å²) in [6, 6.07) is 8.17. The second-order valence-electron chi connectivity index (χ2n) is 6.95. The Kier molecular flexibility index (Phi) is 5.98. The highest BCUT2D eigenvalue weighted by molar-refractivity contribution is 8.18. The number of amides is 2. The van der Waals surface area contributed by atoms with Crippen LogP contribution in [0.15, 0.2) is 29.2 Å². The van der Waals surface area contributed by atoms with Crippen LogP contribution in [0.5, 0.6) is 0 Å². The Labute approximate surface area is 174 Å². The fourth-order valence-corrected chi connectivity index (χ4v) is 4.22. The molecule has 7 heteroatoms. The summed E-state index contributed by atoms with van der Waals surface area (Å²) >= 11 is 0.843. The van der Waals surface area contributed by atoms with Crippen molar-refractivity contribution in [3.63, 3.8) is 0 Å². The van der Waals surface area contributed by atoms with Crippen molar-refractivity contribution in [3.05, 3.63) is 57.2 Å². The van der Waals surface area contributed by atoms with Crippen molar-refractivity contribution >= 4 is 35.0 Å². The molecule has 1 aliphatic heterocycles. The minimum atomic E-state index is -0.593. The van der Waals surface area contributed by atoms with Gasteiger partial charge in [-0.1, -0.05) is 12.1 Å². The van der Waals surface area contributed by atoms with E-state index in [1.165, 1.54) is 11.1 Å². The van der Waals surface area contributed by atoms with Crippen molar-refractivity contribution < 1.29 is 19.1 Å². The summed E-state index contributed by atoms with van der Waals surface area (Å²) in [5, 5.41) is -0.461. The standard InChI is InChI=1S/C22H24N2O4S/c1-6-28-20(25)12-23-21(26)19(29-22(23)27)11-17-10-14(3)24(16(17)5)18-9-7-8-13(2)15(18)4/h7-11H,6,12H2,1-5H3. The third-order valence-corrected chi connectivity index (χ3v) is 5.95. The van der Waals surface area contributed by atoms with Crippen LogP contribution < -0.4 is 0 Å². The van der Waals surface area contributed by atoms with E-state index in [1.54, 1.807) is 13.0 Å². The average molecular weight is 413 g/mol. The van der Waals surface area contributed by atoms with Gasteiger partial charge in [0.15, 0.2) is 0 Å². The highest BCUT2D eigenvalue weighted by Crippen LogP contribution is 2.34. The van der Waals surface area contributed by atoms with E-state index in [-0.39, 0.29) is 13.2 Å². The van der Waals surface area contributed by atoms with E-state index in [4.69, 9.17) is 4.74 Å². The average Bonchev–Trinajstić information content (AvgIpc) is 3.08. The maximum absolute atomic E-state index is 12.6. The number of rotatable bonds is 5. The number of aryl methyl sites for hydroxylation is 2. The lowest BCUT2D eigenvalue weighted by molar-refractivity contribution is -0.145. The Morgan fingerprint density at radius 2 is 1.90 bits per heavy atom. The molecule has 1 aliphatic rings. The number of aromatic nitrogens is 1. The van der Waals surface area contributed by atoms with Gasteiger partial charge in [-0.3, -0.25) is 19.3 Å². The first-order chi connectivity index (χ1) is 13.7. The molecule has 3 rings (SSSR count). The molecule has 0 saturated carbocycles. The number of nitrogens with zero attached hydrogens (tertiary/aromatic N) is 2. The van der Waals surface area contributed by atoms with E-state index in [2.05, 4.69) is 30.5 Å². The summed E-state index contributed by atoms with van der Waals surface area (Å²) < 4.78 is 6.99. The Hall–Kier alpha value is -2.80. The molecule has 0 N–H and O–H groups in total. The number of carbonyl (C=O) groups is 3. The summed E-state index contributed by atoms with van der Waals surface area (Å²) in [5.74, 6) is -1.06. The zero-order valence-electron chi connectivity index (χ0n) is 17.2. The van der Waals surface area contributed by atoms with Crippen molar-refractivity contribution in [2.75, 3.05) is 13.2 Å². The van der Waals surface area contributed by atoms with Crippen molar-refractivity contribution in [2.45, 2.75) is 34.6 Å². The molecule has 2 heterocycles. The van der Waals surface area contributed by atoms with Crippen LogP contribution in [0.25, 0.3) is 11.8 Å². The van der Waals surface area contributed by atoms with E-state index >= 15 is 0 Å². The Morgan fingerprint density at radius 3 is 2.59 bits per heavy atom. The van der Waals surface area contributed by atoms with Crippen molar-refractivity contribution in [1.82, 2.24) is 9.47 Å². The summed E-state index contributed by atoms with van der Waals surface area (Å²) in [6.07, 6.45) is 1.72. The van der Waals surface area contributed by atoms with Gasteiger partial charge in [-0.25, -0.2) is 0 Å². The number of benzene rings is 1. The lowest BCUT2D eigenvalue weighted by atomic mass is 10.1. The zero-order chi connectivity index (χ0) is 21.3. The quantitative estimate of drug-likeness (QED) is 0.541. The molecular formula is C22H24N2O4S. The number of esters is 1. The first-order valence-electron chi connectivity index (χ1n) is 9.41. The summed E-state index contributed by atoms with van der Waals surface area (Å²) in [6.45, 7) is 9.68. The normalized spacial score (nSPS) is 15.5. The van der Waals surface area contributed by atoms with E-state index in [9.17, 15) is 14.4 Å². The van der Waals surface area contributed by atoms with E-state index in [0.29, 0.717) is 4.91 Å². The van der Waals surface area contributed by atoms with Gasteiger partial charge in [-0.2, -0.15) is 0 Å². The molecule has 152 valence electrons. The summed E-state index contributed by atoms with van der Waals surface area (Å²) in [4.78, 5) is 37.7. The third-order valence-electron chi connectivity index (χ3n) is 5.04. The molecule has 0 aliphatic carbocycles. The van der Waals surface area contributed by atoms with Crippen molar-refractivity contribution in [1.29, 1.82) is 0 Å². The maximum atomic E-state index is 12.6. The first-order valence-corrected chi connectivity index (χ1v) is 10.2. The minimum Gasteiger partial charge on any atom is -0.465 e. The molecule has 6 nitrogen and oxygen atoms in total. The van der Waals surface area contributed by atoms with Crippen LogP contribution in [-0.2, 0) is 14.3 Å². The van der Waals surface area contributed by atoms with Crippen LogP contribution in [0.2, 0.25) is 0 Å². The predicted octanol–water partition coefficient (Wildman–Crippen LogP) is 4.31. The highest BCUT2D eigenvalue weighted by Gasteiger charge is 2.36. The minimum absolute atomic E-state index is 0.204. The van der Waals surface area contributed by atoms with Gasteiger partial charge >= 0.3 is 5.97 Å². The lowest BCUT2D eigenvalue weighted by Crippen LogP contribution is -2.34. The Bertz CT molecular complexity index is 1040. The van der Waals surface area contributed by atoms with Gasteiger partial charge in [0.1, 0.15) is 6.54 Å². The fourth-order valence-electron chi connectivity index (χ4n) is 3.40. The molecule has 1 saturated heterocycles. The Morgan fingerprint density at radius 1 is 1.17 bits per heavy atom. The number of thioether (sulfide) groups is 1. The van der Waals surface area contributed by atoms with Crippen molar-refractivity contribution in [3.8, 4) is 5.69 Å². The number of hydrogen-bond acceptors (Lipinski definition) is 5. The number of ether oxygens (including phenoxy) is 1. The van der Waals surface area contributed by atoms with Crippen LogP contribution in [-0.4, -0.2) is 39.7 Å². The molecule has 29 heavy (non-hydrogen) atoms. The zero-order valence-corrected chi connectivity index (χ0v) is 18.1. The van der Waals surface area contributed by atoms with E-state index in [1.807, 2.05) is 26.0 Å². The molecule has 2 amide bonds. The van der Waals surface area contributed by atoms with E-state index < -0.39 is 17.1 Å². The van der Waals surface area contributed by atoms with Gasteiger partial charge in [-0.15, -0.1) is 0 Å². The monoisotopic (exact) mass is 412 g/mol. The number of carbonyl (C=O) groups excluding carboxylic acids is 3. The van der Waals surface area contributed by atoms with E-state index in [0.717, 1.165) is 39.3 Å². The van der Waals surface area contributed by atoms with Crippen LogP contribution in [0.1, 0.15) is 35.0 Å². The highest BCUT2D eigenvalue weighted by atomic mass is 32.2. The van der Waals surface area contributed by atoms with Crippen LogP contribution in [0, 0.1) is 27.7 Å². The predicted molar refractivity (Wildman–Crippen MR) is 114 cm³/mol. The molecule has 2 aromatic rings. The second kappa shape index (κ2) is 8.29. The number of hydrogen-bond donors (Lipinski definition) is 0. The lowest BCUT2D eigenvalue weighted by Gasteiger charge is -2.14. The molecule has 0 bridgehead atoms. The van der Waals surface area contributed by atoms with Gasteiger partial charge in [0.05, 0.1) is 11.5 Å². The second-order valence-corrected chi connectivity index (χ2v) is 7.95. The van der Waals surface area contributed by atoms with Gasteiger partial charge in [0, 0.05) is 17.1 Å². The topological polar surface area (TPSA) is 68.6 Å². The van der Waals surface area contributed by atoms with Crippen LogP contribution in [0.3, 0.4) is 0 Å². The van der Waals surface area contributed by atoms with Gasteiger partial charge in [0.25, 0.3) is 11.1 Å². The summed E-state index contributed by atoms with van der Waals surface area (Å²) in [5.41, 5.74) is 6.37. The third kappa shape index (κ3) is 4.00. The summed E-state index contributed by atoms with van der Waals surface area (Å²) in [7, 11) is 0. The molecule has 0 radical (unpaired) electrons. The molecule has 0 atom stereocenters. The van der Waals surface area contributed by atoms with Gasteiger partial charge in [0.2, 0.25) is 0 Å². The molecule has 1 fully saturated rings. The largest absolute Gasteiger partial charge is 0.465 e. The smallest absolute Gasteiger partial charge is 0.326 e. The Balaban J connectivity index is 1.94. The fraction of sp³-hybridized carbons (Fsp3) is 0.318. The molecule has 1 aromatic carbocycles. The van der Waals surface area contributed by atoms with Crippen LogP contribution in [0.4, 0.5) is 4.79 Å². The van der Waals surface area contributed by atoms with Crippen LogP contribution >= 0.6 is 11.8 Å². The molecule has 0 unspecified atom stereocenters. The SMILES string of the molecule is CCOC(=O)CN1C(=O)SC(=Cc2cc(C)n(-c3cccc(C)c3C)c2C)C1=O. The maximum Gasteiger partial charge on any atom is 0.326 e. The number of imide groups is 1. The molecule has 1 aromatic heterocycles. The molecule has 0 spiro atoms.